The molecule has 2 heterocycles. The van der Waals surface area contributed by atoms with E-state index in [1.165, 1.54) is 11.5 Å². The van der Waals surface area contributed by atoms with Gasteiger partial charge in [0.1, 0.15) is 16.7 Å². The second kappa shape index (κ2) is 5.46. The van der Waals surface area contributed by atoms with Gasteiger partial charge in [-0.05, 0) is 18.5 Å². The molecule has 1 fully saturated rings. The standard InChI is InChI=1S/C11H16N2O3S/c1-7-9(10(12-2)17-13-7)11(14)16-8-3-5-15-6-4-8/h8,12H,3-6H2,1-2H3. The number of rotatable bonds is 3. The molecule has 0 saturated carbocycles. The number of ether oxygens (including phenoxy) is 2. The zero-order valence-electron chi connectivity index (χ0n) is 9.99. The summed E-state index contributed by atoms with van der Waals surface area (Å²) in [4.78, 5) is 12.0. The highest BCUT2D eigenvalue weighted by Crippen LogP contribution is 2.25. The molecule has 1 aliphatic rings. The fourth-order valence-corrected chi connectivity index (χ4v) is 2.52. The van der Waals surface area contributed by atoms with Crippen LogP contribution in [0.3, 0.4) is 0 Å². The summed E-state index contributed by atoms with van der Waals surface area (Å²) in [7, 11) is 1.78. The molecule has 1 aliphatic heterocycles. The highest BCUT2D eigenvalue weighted by atomic mass is 32.1. The average Bonchev–Trinajstić information content (AvgIpc) is 2.71. The van der Waals surface area contributed by atoms with Crippen LogP contribution in [0, 0.1) is 6.92 Å². The van der Waals surface area contributed by atoms with Crippen molar-refractivity contribution < 1.29 is 14.3 Å². The Bertz CT molecular complexity index is 399. The third kappa shape index (κ3) is 2.76. The summed E-state index contributed by atoms with van der Waals surface area (Å²) in [5.41, 5.74) is 1.28. The van der Waals surface area contributed by atoms with Gasteiger partial charge in [-0.3, -0.25) is 0 Å². The molecular weight excluding hydrogens is 240 g/mol. The molecule has 0 amide bonds. The molecule has 2 rings (SSSR count). The fraction of sp³-hybridized carbons (Fsp3) is 0.636. The fourth-order valence-electron chi connectivity index (χ4n) is 1.78. The van der Waals surface area contributed by atoms with Crippen molar-refractivity contribution in [3.63, 3.8) is 0 Å². The molecule has 17 heavy (non-hydrogen) atoms. The van der Waals surface area contributed by atoms with E-state index in [9.17, 15) is 4.79 Å². The Morgan fingerprint density at radius 3 is 2.88 bits per heavy atom. The molecule has 0 aliphatic carbocycles. The van der Waals surface area contributed by atoms with Crippen LogP contribution >= 0.6 is 11.5 Å². The van der Waals surface area contributed by atoms with Gasteiger partial charge in [0.25, 0.3) is 0 Å². The highest BCUT2D eigenvalue weighted by Gasteiger charge is 2.24. The van der Waals surface area contributed by atoms with Crippen LogP contribution in [-0.2, 0) is 9.47 Å². The zero-order chi connectivity index (χ0) is 12.3. The topological polar surface area (TPSA) is 60.5 Å². The summed E-state index contributed by atoms with van der Waals surface area (Å²) < 4.78 is 14.8. The molecule has 94 valence electrons. The molecule has 1 aromatic heterocycles. The first-order valence-corrected chi connectivity index (χ1v) is 6.42. The quantitative estimate of drug-likeness (QED) is 0.836. The van der Waals surface area contributed by atoms with Crippen molar-refractivity contribution in [1.82, 2.24) is 4.37 Å². The van der Waals surface area contributed by atoms with E-state index < -0.39 is 0 Å². The van der Waals surface area contributed by atoms with Crippen LogP contribution in [-0.4, -0.2) is 36.7 Å². The Morgan fingerprint density at radius 1 is 1.53 bits per heavy atom. The Hall–Kier alpha value is -1.14. The van der Waals surface area contributed by atoms with Gasteiger partial charge in [0.05, 0.1) is 18.9 Å². The lowest BCUT2D eigenvalue weighted by molar-refractivity contribution is -0.0158. The molecule has 0 spiro atoms. The maximum atomic E-state index is 12.0. The van der Waals surface area contributed by atoms with Crippen molar-refractivity contribution in [2.24, 2.45) is 0 Å². The van der Waals surface area contributed by atoms with Gasteiger partial charge in [-0.25, -0.2) is 4.79 Å². The van der Waals surface area contributed by atoms with Gasteiger partial charge in [-0.2, -0.15) is 4.37 Å². The van der Waals surface area contributed by atoms with E-state index in [1.807, 2.05) is 6.92 Å². The average molecular weight is 256 g/mol. The molecule has 6 heteroatoms. The number of carbonyl (C=O) groups is 1. The predicted molar refractivity (Wildman–Crippen MR) is 65.7 cm³/mol. The molecule has 0 atom stereocenters. The number of carbonyl (C=O) groups excluding carboxylic acids is 1. The number of hydrogen-bond acceptors (Lipinski definition) is 6. The number of anilines is 1. The minimum absolute atomic E-state index is 0.0275. The van der Waals surface area contributed by atoms with E-state index in [0.29, 0.717) is 18.8 Å². The molecule has 0 radical (unpaired) electrons. The van der Waals surface area contributed by atoms with E-state index in [4.69, 9.17) is 9.47 Å². The number of aromatic nitrogens is 1. The van der Waals surface area contributed by atoms with Crippen molar-refractivity contribution in [2.45, 2.75) is 25.9 Å². The van der Waals surface area contributed by atoms with E-state index in [1.54, 1.807) is 7.05 Å². The van der Waals surface area contributed by atoms with Gasteiger partial charge >= 0.3 is 5.97 Å². The largest absolute Gasteiger partial charge is 0.458 e. The molecule has 0 bridgehead atoms. The number of esters is 1. The minimum Gasteiger partial charge on any atom is -0.458 e. The maximum absolute atomic E-state index is 12.0. The lowest BCUT2D eigenvalue weighted by Crippen LogP contribution is -2.26. The van der Waals surface area contributed by atoms with E-state index in [2.05, 4.69) is 9.69 Å². The monoisotopic (exact) mass is 256 g/mol. The summed E-state index contributed by atoms with van der Waals surface area (Å²) in [6, 6.07) is 0. The Labute approximate surface area is 104 Å². The summed E-state index contributed by atoms with van der Waals surface area (Å²) >= 11 is 1.28. The Kier molecular flexibility index (Phi) is 3.96. The molecular formula is C11H16N2O3S. The van der Waals surface area contributed by atoms with Crippen LogP contribution in [0.15, 0.2) is 0 Å². The molecule has 1 aromatic rings. The van der Waals surface area contributed by atoms with Crippen LogP contribution in [0.2, 0.25) is 0 Å². The first-order valence-electron chi connectivity index (χ1n) is 5.65. The Morgan fingerprint density at radius 2 is 2.24 bits per heavy atom. The lowest BCUT2D eigenvalue weighted by Gasteiger charge is -2.22. The third-order valence-corrected chi connectivity index (χ3v) is 3.69. The van der Waals surface area contributed by atoms with E-state index in [0.717, 1.165) is 23.5 Å². The molecule has 1 saturated heterocycles. The van der Waals surface area contributed by atoms with Crippen LogP contribution in [0.25, 0.3) is 0 Å². The summed E-state index contributed by atoms with van der Waals surface area (Å²) in [5.74, 6) is -0.285. The number of aryl methyl sites for hydroxylation is 1. The second-order valence-electron chi connectivity index (χ2n) is 3.94. The molecule has 5 nitrogen and oxygen atoms in total. The van der Waals surface area contributed by atoms with Crippen molar-refractivity contribution in [1.29, 1.82) is 0 Å². The SMILES string of the molecule is CNc1snc(C)c1C(=O)OC1CCOCC1. The van der Waals surface area contributed by atoms with Crippen LogP contribution in [0.5, 0.6) is 0 Å². The molecule has 0 unspecified atom stereocenters. The zero-order valence-corrected chi connectivity index (χ0v) is 10.8. The normalized spacial score (nSPS) is 16.8. The summed E-state index contributed by atoms with van der Waals surface area (Å²) in [5, 5.41) is 3.73. The van der Waals surface area contributed by atoms with Gasteiger partial charge in [0, 0.05) is 19.9 Å². The lowest BCUT2D eigenvalue weighted by atomic mass is 10.1. The van der Waals surface area contributed by atoms with E-state index in [-0.39, 0.29) is 12.1 Å². The number of hydrogen-bond donors (Lipinski definition) is 1. The van der Waals surface area contributed by atoms with Crippen molar-refractivity contribution in [2.75, 3.05) is 25.6 Å². The van der Waals surface area contributed by atoms with Crippen LogP contribution in [0.1, 0.15) is 28.9 Å². The minimum atomic E-state index is -0.285. The van der Waals surface area contributed by atoms with Gasteiger partial charge in [0.2, 0.25) is 0 Å². The molecule has 1 N–H and O–H groups in total. The van der Waals surface area contributed by atoms with Gasteiger partial charge in [0.15, 0.2) is 0 Å². The Balaban J connectivity index is 2.05. The van der Waals surface area contributed by atoms with Gasteiger partial charge < -0.3 is 14.8 Å². The second-order valence-corrected chi connectivity index (χ2v) is 4.71. The van der Waals surface area contributed by atoms with Crippen molar-refractivity contribution >= 4 is 22.5 Å². The van der Waals surface area contributed by atoms with Crippen LogP contribution < -0.4 is 5.32 Å². The first-order chi connectivity index (χ1) is 8.22. The predicted octanol–water partition coefficient (Wildman–Crippen LogP) is 1.83. The van der Waals surface area contributed by atoms with Crippen molar-refractivity contribution in [3.05, 3.63) is 11.3 Å². The summed E-state index contributed by atoms with van der Waals surface area (Å²) in [6.45, 7) is 3.15. The van der Waals surface area contributed by atoms with E-state index >= 15 is 0 Å². The van der Waals surface area contributed by atoms with Crippen LogP contribution in [0.4, 0.5) is 5.00 Å². The maximum Gasteiger partial charge on any atom is 0.343 e. The van der Waals surface area contributed by atoms with Gasteiger partial charge in [-0.15, -0.1) is 0 Å². The van der Waals surface area contributed by atoms with Crippen molar-refractivity contribution in [3.8, 4) is 0 Å². The first kappa shape index (κ1) is 12.3. The number of nitrogens with one attached hydrogen (secondary N) is 1. The highest BCUT2D eigenvalue weighted by molar-refractivity contribution is 7.10. The number of nitrogens with zero attached hydrogens (tertiary/aromatic N) is 1. The summed E-state index contributed by atoms with van der Waals surface area (Å²) in [6.07, 6.45) is 1.52. The molecule has 0 aromatic carbocycles. The third-order valence-electron chi connectivity index (χ3n) is 2.74. The van der Waals surface area contributed by atoms with Gasteiger partial charge in [-0.1, -0.05) is 0 Å². The smallest absolute Gasteiger partial charge is 0.343 e.